The number of halogens is 1. The van der Waals surface area contributed by atoms with Crippen LogP contribution in [0.1, 0.15) is 24.2 Å². The summed E-state index contributed by atoms with van der Waals surface area (Å²) in [6, 6.07) is 3.59. The van der Waals surface area contributed by atoms with Crippen LogP contribution in [-0.4, -0.2) is 37.0 Å². The number of hydrogen-bond acceptors (Lipinski definition) is 4. The molecule has 19 heavy (non-hydrogen) atoms. The molecule has 0 heterocycles. The summed E-state index contributed by atoms with van der Waals surface area (Å²) < 4.78 is 0. The van der Waals surface area contributed by atoms with Gasteiger partial charge in [0, 0.05) is 24.8 Å². The van der Waals surface area contributed by atoms with Gasteiger partial charge in [-0.3, -0.25) is 4.79 Å². The van der Waals surface area contributed by atoms with E-state index >= 15 is 0 Å². The third-order valence-electron chi connectivity index (χ3n) is 3.03. The first-order valence-corrected chi connectivity index (χ1v) is 6.53. The maximum absolute atomic E-state index is 11.4. The van der Waals surface area contributed by atoms with Gasteiger partial charge in [0.25, 0.3) is 5.91 Å². The molecule has 0 aliphatic heterocycles. The second-order valence-corrected chi connectivity index (χ2v) is 5.20. The zero-order chi connectivity index (χ0) is 14.6. The Balaban J connectivity index is 2.80. The number of hydrogen-bond donors (Lipinski definition) is 3. The van der Waals surface area contributed by atoms with Gasteiger partial charge in [-0.25, -0.2) is 0 Å². The summed E-state index contributed by atoms with van der Waals surface area (Å²) in [5.41, 5.74) is 12.3. The van der Waals surface area contributed by atoms with Gasteiger partial charge < -0.3 is 21.7 Å². The lowest BCUT2D eigenvalue weighted by molar-refractivity contribution is 0.100. The van der Waals surface area contributed by atoms with Crippen LogP contribution in [0.25, 0.3) is 0 Å². The van der Waals surface area contributed by atoms with Crippen molar-refractivity contribution in [3.8, 4) is 0 Å². The van der Waals surface area contributed by atoms with E-state index in [0.717, 1.165) is 6.54 Å². The molecule has 0 saturated heterocycles. The summed E-state index contributed by atoms with van der Waals surface area (Å²) in [6.45, 7) is 5.73. The van der Waals surface area contributed by atoms with Gasteiger partial charge in [-0.05, 0) is 33.0 Å². The Labute approximate surface area is 118 Å². The lowest BCUT2D eigenvalue weighted by Gasteiger charge is -2.22. The Kier molecular flexibility index (Phi) is 5.44. The van der Waals surface area contributed by atoms with Crippen molar-refractivity contribution < 1.29 is 4.79 Å². The monoisotopic (exact) mass is 284 g/mol. The first-order chi connectivity index (χ1) is 8.82. The second-order valence-electron chi connectivity index (χ2n) is 4.79. The fourth-order valence-corrected chi connectivity index (χ4v) is 1.91. The van der Waals surface area contributed by atoms with E-state index in [2.05, 4.69) is 24.1 Å². The summed E-state index contributed by atoms with van der Waals surface area (Å²) >= 11 is 6.09. The number of nitrogens with one attached hydrogen (secondary N) is 1. The molecule has 1 amide bonds. The molecule has 1 aromatic rings. The first-order valence-electron chi connectivity index (χ1n) is 6.16. The molecule has 0 spiro atoms. The molecular weight excluding hydrogens is 264 g/mol. The lowest BCUT2D eigenvalue weighted by atomic mass is 10.1. The fourth-order valence-electron chi connectivity index (χ4n) is 1.62. The van der Waals surface area contributed by atoms with Crippen LogP contribution in [-0.2, 0) is 0 Å². The largest absolute Gasteiger partial charge is 0.399 e. The van der Waals surface area contributed by atoms with Crippen molar-refractivity contribution in [1.29, 1.82) is 0 Å². The topological polar surface area (TPSA) is 84.4 Å². The van der Waals surface area contributed by atoms with Crippen LogP contribution in [0.5, 0.6) is 0 Å². The molecule has 0 aliphatic rings. The van der Waals surface area contributed by atoms with Crippen LogP contribution < -0.4 is 16.8 Å². The van der Waals surface area contributed by atoms with Crippen LogP contribution in [0.4, 0.5) is 11.4 Å². The number of anilines is 2. The molecule has 5 nitrogen and oxygen atoms in total. The molecule has 1 aromatic carbocycles. The summed E-state index contributed by atoms with van der Waals surface area (Å²) in [6.07, 6.45) is 0. The number of nitrogen functional groups attached to an aromatic ring is 1. The zero-order valence-electron chi connectivity index (χ0n) is 11.5. The highest BCUT2D eigenvalue weighted by Crippen LogP contribution is 2.28. The minimum atomic E-state index is -0.547. The second kappa shape index (κ2) is 6.63. The van der Waals surface area contributed by atoms with Gasteiger partial charge >= 0.3 is 0 Å². The average molecular weight is 285 g/mol. The number of likely N-dealkylation sites (N-methyl/N-ethyl adjacent to an activating group) is 1. The Morgan fingerprint density at radius 3 is 2.63 bits per heavy atom. The number of carbonyl (C=O) groups is 1. The predicted molar refractivity (Wildman–Crippen MR) is 80.6 cm³/mol. The Morgan fingerprint density at radius 2 is 2.11 bits per heavy atom. The average Bonchev–Trinajstić information content (AvgIpc) is 2.30. The molecule has 0 bridgehead atoms. The minimum Gasteiger partial charge on any atom is -0.399 e. The first kappa shape index (κ1) is 15.6. The molecule has 6 heteroatoms. The quantitative estimate of drug-likeness (QED) is 0.695. The highest BCUT2D eigenvalue weighted by atomic mass is 35.5. The van der Waals surface area contributed by atoms with Crippen LogP contribution >= 0.6 is 11.6 Å². The Hall–Kier alpha value is -1.46. The van der Waals surface area contributed by atoms with Crippen LogP contribution in [0.2, 0.25) is 5.02 Å². The number of carbonyl (C=O) groups excluding carboxylic acids is 1. The van der Waals surface area contributed by atoms with E-state index in [1.165, 1.54) is 6.07 Å². The molecule has 0 aliphatic carbocycles. The third kappa shape index (κ3) is 4.29. The van der Waals surface area contributed by atoms with Gasteiger partial charge in [-0.15, -0.1) is 0 Å². The Morgan fingerprint density at radius 1 is 1.47 bits per heavy atom. The summed E-state index contributed by atoms with van der Waals surface area (Å²) in [4.78, 5) is 13.6. The van der Waals surface area contributed by atoms with E-state index in [-0.39, 0.29) is 0 Å². The number of primary amides is 1. The highest BCUT2D eigenvalue weighted by Gasteiger charge is 2.13. The van der Waals surface area contributed by atoms with E-state index in [1.54, 1.807) is 6.07 Å². The molecule has 0 saturated carbocycles. The van der Waals surface area contributed by atoms with Gasteiger partial charge in [-0.1, -0.05) is 11.6 Å². The van der Waals surface area contributed by atoms with Gasteiger partial charge in [-0.2, -0.15) is 0 Å². The number of benzene rings is 1. The number of nitrogens with zero attached hydrogens (tertiary/aromatic N) is 1. The van der Waals surface area contributed by atoms with E-state index in [4.69, 9.17) is 23.1 Å². The highest BCUT2D eigenvalue weighted by molar-refractivity contribution is 6.34. The van der Waals surface area contributed by atoms with Crippen LogP contribution in [0.15, 0.2) is 12.1 Å². The smallest absolute Gasteiger partial charge is 0.250 e. The van der Waals surface area contributed by atoms with Crippen molar-refractivity contribution >= 4 is 28.9 Å². The van der Waals surface area contributed by atoms with Crippen LogP contribution in [0.3, 0.4) is 0 Å². The fraction of sp³-hybridized carbons (Fsp3) is 0.462. The van der Waals surface area contributed by atoms with Crippen molar-refractivity contribution in [2.45, 2.75) is 19.9 Å². The van der Waals surface area contributed by atoms with E-state index in [0.29, 0.717) is 34.5 Å². The van der Waals surface area contributed by atoms with Crippen molar-refractivity contribution in [3.05, 3.63) is 22.7 Å². The molecule has 0 aromatic heterocycles. The summed E-state index contributed by atoms with van der Waals surface area (Å²) in [5, 5.41) is 3.55. The maximum atomic E-state index is 11.4. The molecule has 0 unspecified atom stereocenters. The molecular formula is C13H21ClN4O. The molecule has 1 rings (SSSR count). The lowest BCUT2D eigenvalue weighted by Crippen LogP contribution is -2.31. The normalized spacial score (nSPS) is 11.1. The molecule has 5 N–H and O–H groups in total. The third-order valence-corrected chi connectivity index (χ3v) is 3.32. The number of amides is 1. The predicted octanol–water partition coefficient (Wildman–Crippen LogP) is 1.77. The van der Waals surface area contributed by atoms with Crippen molar-refractivity contribution in [3.63, 3.8) is 0 Å². The van der Waals surface area contributed by atoms with Gasteiger partial charge in [0.15, 0.2) is 0 Å². The van der Waals surface area contributed by atoms with Gasteiger partial charge in [0.05, 0.1) is 16.3 Å². The SMILES string of the molecule is CC(C)N(C)CCNc1c(Cl)cc(N)cc1C(N)=O. The number of rotatable bonds is 6. The summed E-state index contributed by atoms with van der Waals surface area (Å²) in [5.74, 6) is -0.547. The van der Waals surface area contributed by atoms with Gasteiger partial charge in [0.1, 0.15) is 0 Å². The standard InChI is InChI=1S/C13H21ClN4O/c1-8(2)18(3)5-4-17-12-10(13(16)19)6-9(15)7-11(12)14/h6-8,17H,4-5,15H2,1-3H3,(H2,16,19). The van der Waals surface area contributed by atoms with Gasteiger partial charge in [0.2, 0.25) is 0 Å². The molecule has 0 radical (unpaired) electrons. The van der Waals surface area contributed by atoms with E-state index in [9.17, 15) is 4.79 Å². The molecule has 106 valence electrons. The zero-order valence-corrected chi connectivity index (χ0v) is 12.3. The van der Waals surface area contributed by atoms with Crippen LogP contribution in [0, 0.1) is 0 Å². The number of nitrogens with two attached hydrogens (primary N) is 2. The molecule has 0 fully saturated rings. The van der Waals surface area contributed by atoms with E-state index < -0.39 is 5.91 Å². The molecule has 0 atom stereocenters. The van der Waals surface area contributed by atoms with Crippen molar-refractivity contribution in [2.75, 3.05) is 31.2 Å². The maximum Gasteiger partial charge on any atom is 0.250 e. The summed E-state index contributed by atoms with van der Waals surface area (Å²) in [7, 11) is 2.03. The van der Waals surface area contributed by atoms with Crippen molar-refractivity contribution in [1.82, 2.24) is 4.90 Å². The minimum absolute atomic E-state index is 0.317. The van der Waals surface area contributed by atoms with E-state index in [1.807, 2.05) is 7.05 Å². The Bertz CT molecular complexity index is 462. The van der Waals surface area contributed by atoms with Crippen molar-refractivity contribution in [2.24, 2.45) is 5.73 Å².